The zero-order valence-corrected chi connectivity index (χ0v) is 37.7. The molecule has 3 heterocycles. The van der Waals surface area contributed by atoms with Gasteiger partial charge < -0.3 is 62.3 Å². The maximum atomic E-state index is 10.4. The van der Waals surface area contributed by atoms with Crippen LogP contribution in [0, 0.1) is 6.92 Å². The summed E-state index contributed by atoms with van der Waals surface area (Å²) in [5.41, 5.74) is 7.21. The van der Waals surface area contributed by atoms with Crippen molar-refractivity contribution >= 4 is 28.5 Å². The number of nitrogens with zero attached hydrogens (tertiary/aromatic N) is 3. The number of hydrogen-bond acceptors (Lipinski definition) is 17. The van der Waals surface area contributed by atoms with Gasteiger partial charge in [-0.15, -0.1) is 0 Å². The van der Waals surface area contributed by atoms with Gasteiger partial charge in [0.1, 0.15) is 28.3 Å². The Balaban J connectivity index is 0.000000175. The zero-order valence-electron chi connectivity index (χ0n) is 37.7. The molecule has 0 saturated heterocycles. The second-order valence-electron chi connectivity index (χ2n) is 14.0. The van der Waals surface area contributed by atoms with Gasteiger partial charge in [0, 0.05) is 56.7 Å². The van der Waals surface area contributed by atoms with Gasteiger partial charge in [-0.1, -0.05) is 30.3 Å². The maximum Gasteiger partial charge on any atom is 0.231 e. The molecule has 0 radical (unpaired) electrons. The number of phenolic OH excluding ortho intramolecular Hbond substituents is 2. The first-order chi connectivity index (χ1) is 32.1. The number of phenols is 2. The van der Waals surface area contributed by atoms with Crippen molar-refractivity contribution in [2.75, 3.05) is 56.6 Å². The van der Waals surface area contributed by atoms with Crippen LogP contribution >= 0.6 is 0 Å². The lowest BCUT2D eigenvalue weighted by Gasteiger charge is -2.13. The number of methoxy groups -OCH3 is 7. The normalized spacial score (nSPS) is 10.6. The minimum atomic E-state index is -0.118. The highest BCUT2D eigenvalue weighted by Gasteiger charge is 2.21. The van der Waals surface area contributed by atoms with Crippen LogP contribution in [0.3, 0.4) is 0 Å². The molecule has 0 unspecified atom stereocenters. The van der Waals surface area contributed by atoms with E-state index in [2.05, 4.69) is 20.3 Å². The van der Waals surface area contributed by atoms with Crippen molar-refractivity contribution in [3.63, 3.8) is 0 Å². The molecular weight excluding hydrogens is 853 g/mol. The first-order valence-electron chi connectivity index (χ1n) is 20.2. The van der Waals surface area contributed by atoms with E-state index in [4.69, 9.17) is 46.7 Å². The van der Waals surface area contributed by atoms with E-state index in [9.17, 15) is 15.0 Å². The Hall–Kier alpha value is -8.02. The highest BCUT2D eigenvalue weighted by Crippen LogP contribution is 2.42. The van der Waals surface area contributed by atoms with Gasteiger partial charge in [0.05, 0.1) is 65.0 Å². The Morgan fingerprint density at radius 2 is 1.15 bits per heavy atom. The molecule has 66 heavy (non-hydrogen) atoms. The van der Waals surface area contributed by atoms with Crippen LogP contribution < -0.4 is 38.5 Å². The number of fused-ring (bicyclic) bond motifs is 2. The largest absolute Gasteiger partial charge is 0.507 e. The molecule has 0 fully saturated rings. The zero-order chi connectivity index (χ0) is 47.2. The highest BCUT2D eigenvalue weighted by molar-refractivity contribution is 5.83. The Kier molecular flexibility index (Phi) is 16.2. The number of aromatic nitrogens is 3. The van der Waals surface area contributed by atoms with Crippen LogP contribution in [-0.4, -0.2) is 88.0 Å². The van der Waals surface area contributed by atoms with Crippen molar-refractivity contribution in [3.8, 4) is 74.7 Å². The minimum Gasteiger partial charge on any atom is -0.507 e. The number of aromatic hydroxyl groups is 2. The third-order valence-corrected chi connectivity index (χ3v) is 9.91. The maximum absolute atomic E-state index is 10.4. The Bertz CT molecular complexity index is 2880. The van der Waals surface area contributed by atoms with Gasteiger partial charge in [0.2, 0.25) is 11.8 Å². The molecule has 0 aliphatic rings. The fourth-order valence-electron chi connectivity index (χ4n) is 6.58. The van der Waals surface area contributed by atoms with Gasteiger partial charge in [-0.3, -0.25) is 9.78 Å². The number of carbonyl (C=O) groups excluding carboxylic acids is 1. The molecule has 8 rings (SSSR count). The van der Waals surface area contributed by atoms with Crippen LogP contribution in [0.4, 0.5) is 0 Å². The SMILES string of the molecule is COCOc1cc(OC)c(OC)cc1-c1nc2c(C)cccc2o1.COc1cc(O)c(-c2nc3c(CNCc4ccccn4)cccc3o2)cc1OC.COc1cc(O)c(C=O)cc1OC. The van der Waals surface area contributed by atoms with Gasteiger partial charge in [-0.2, -0.15) is 0 Å². The number of ether oxygens (including phenoxy) is 8. The molecule has 17 nitrogen and oxygen atoms in total. The summed E-state index contributed by atoms with van der Waals surface area (Å²) in [6, 6.07) is 26.8. The van der Waals surface area contributed by atoms with Gasteiger partial charge in [-0.05, 0) is 48.4 Å². The minimum absolute atomic E-state index is 0.00373. The average molecular weight is 903 g/mol. The number of rotatable bonds is 16. The summed E-state index contributed by atoms with van der Waals surface area (Å²) >= 11 is 0. The van der Waals surface area contributed by atoms with Gasteiger partial charge >= 0.3 is 0 Å². The number of benzene rings is 5. The summed E-state index contributed by atoms with van der Waals surface area (Å²) in [6.45, 7) is 3.35. The number of pyridine rings is 1. The van der Waals surface area contributed by atoms with Crippen LogP contribution in [0.15, 0.2) is 106 Å². The molecule has 0 saturated carbocycles. The van der Waals surface area contributed by atoms with E-state index >= 15 is 0 Å². The quantitative estimate of drug-likeness (QED) is 0.0611. The lowest BCUT2D eigenvalue weighted by molar-refractivity contribution is 0.0512. The van der Waals surface area contributed by atoms with E-state index in [-0.39, 0.29) is 23.9 Å². The number of aldehydes is 1. The first-order valence-corrected chi connectivity index (χ1v) is 20.2. The van der Waals surface area contributed by atoms with Crippen LogP contribution in [0.2, 0.25) is 0 Å². The van der Waals surface area contributed by atoms with E-state index in [0.29, 0.717) is 88.1 Å². The standard InChI is InChI=1S/C22H21N3O4.C18H19NO5.C9H10O4/c1-27-19-10-16(17(26)11-20(19)28-2)22-25-21-14(6-5-8-18(21)29-22)12-23-13-15-7-3-4-9-24-15;1-11-6-5-7-13-17(11)19-18(24-13)12-8-15(21-3)16(22-4)9-14(12)23-10-20-2;1-12-8-3-6(5-10)7(11)4-9(8)13-2/h3-11,23,26H,12-13H2,1-2H3;5-9H,10H2,1-4H3;3-5,11H,1-2H3. The van der Waals surface area contributed by atoms with Crippen molar-refractivity contribution < 1.29 is 61.7 Å². The predicted octanol–water partition coefficient (Wildman–Crippen LogP) is 8.93. The van der Waals surface area contributed by atoms with Crippen molar-refractivity contribution in [2.45, 2.75) is 20.0 Å². The molecule has 17 heteroatoms. The molecule has 3 aromatic heterocycles. The third kappa shape index (κ3) is 11.0. The second-order valence-corrected chi connectivity index (χ2v) is 14.0. The lowest BCUT2D eigenvalue weighted by atomic mass is 10.1. The molecule has 0 spiro atoms. The summed E-state index contributed by atoms with van der Waals surface area (Å²) < 4.78 is 53.6. The molecule has 0 atom stereocenters. The monoisotopic (exact) mass is 902 g/mol. The number of nitrogens with one attached hydrogen (secondary N) is 1. The number of carbonyl (C=O) groups is 1. The summed E-state index contributed by atoms with van der Waals surface area (Å²) in [5.74, 6) is 4.05. The number of oxazole rings is 2. The smallest absolute Gasteiger partial charge is 0.231 e. The van der Waals surface area contributed by atoms with Crippen molar-refractivity contribution in [2.24, 2.45) is 0 Å². The third-order valence-electron chi connectivity index (χ3n) is 9.91. The second kappa shape index (κ2) is 22.6. The van der Waals surface area contributed by atoms with Crippen molar-refractivity contribution in [1.29, 1.82) is 0 Å². The van der Waals surface area contributed by atoms with Crippen molar-refractivity contribution in [1.82, 2.24) is 20.3 Å². The summed E-state index contributed by atoms with van der Waals surface area (Å²) in [5, 5.41) is 23.1. The van der Waals surface area contributed by atoms with Gasteiger partial charge in [-0.25, -0.2) is 9.97 Å². The summed E-state index contributed by atoms with van der Waals surface area (Å²) in [6.07, 6.45) is 2.33. The highest BCUT2D eigenvalue weighted by atomic mass is 16.7. The fourth-order valence-corrected chi connectivity index (χ4v) is 6.58. The van der Waals surface area contributed by atoms with E-state index < -0.39 is 0 Å². The van der Waals surface area contributed by atoms with E-state index in [1.54, 1.807) is 45.7 Å². The number of para-hydroxylation sites is 2. The van der Waals surface area contributed by atoms with E-state index in [1.807, 2.05) is 61.5 Å². The molecule has 8 aromatic rings. The summed E-state index contributed by atoms with van der Waals surface area (Å²) in [4.78, 5) is 24.0. The van der Waals surface area contributed by atoms with Crippen LogP contribution in [0.1, 0.15) is 27.2 Å². The average Bonchev–Trinajstić information content (AvgIpc) is 4.00. The van der Waals surface area contributed by atoms with E-state index in [0.717, 1.165) is 33.4 Å². The number of aryl methyl sites for hydroxylation is 1. The molecule has 344 valence electrons. The van der Waals surface area contributed by atoms with Crippen LogP contribution in [0.5, 0.6) is 51.7 Å². The Labute approximate surface area is 380 Å². The fraction of sp³-hybridized carbons (Fsp3) is 0.224. The lowest BCUT2D eigenvalue weighted by Crippen LogP contribution is -2.13. The summed E-state index contributed by atoms with van der Waals surface area (Å²) in [7, 11) is 10.7. The van der Waals surface area contributed by atoms with Gasteiger partial charge in [0.15, 0.2) is 58.7 Å². The van der Waals surface area contributed by atoms with E-state index in [1.165, 1.54) is 46.6 Å². The molecule has 0 bridgehead atoms. The molecule has 0 aliphatic carbocycles. The first kappa shape index (κ1) is 47.5. The van der Waals surface area contributed by atoms with Gasteiger partial charge in [0.25, 0.3) is 0 Å². The molecule has 0 aliphatic heterocycles. The van der Waals surface area contributed by atoms with Crippen LogP contribution in [0.25, 0.3) is 45.1 Å². The molecule has 3 N–H and O–H groups in total. The molecule has 0 amide bonds. The predicted molar refractivity (Wildman–Crippen MR) is 245 cm³/mol. The van der Waals surface area contributed by atoms with Crippen LogP contribution in [-0.2, 0) is 17.8 Å². The topological polar surface area (TPSA) is 208 Å². The Morgan fingerprint density at radius 1 is 0.591 bits per heavy atom. The Morgan fingerprint density at radius 3 is 1.76 bits per heavy atom. The number of hydrogen-bond donors (Lipinski definition) is 3. The molecule has 5 aromatic carbocycles. The molecular formula is C49H50N4O13. The van der Waals surface area contributed by atoms with Crippen molar-refractivity contribution in [3.05, 3.63) is 120 Å².